The van der Waals surface area contributed by atoms with Gasteiger partial charge in [0.25, 0.3) is 0 Å². The van der Waals surface area contributed by atoms with Crippen LogP contribution in [-0.4, -0.2) is 29.8 Å². The maximum atomic E-state index is 9.20. The highest BCUT2D eigenvalue weighted by Crippen LogP contribution is 2.24. The molecule has 0 aromatic heterocycles. The van der Waals surface area contributed by atoms with Crippen LogP contribution in [0, 0.1) is 6.92 Å². The van der Waals surface area contributed by atoms with E-state index in [1.165, 1.54) is 24.9 Å². The van der Waals surface area contributed by atoms with Crippen molar-refractivity contribution >= 4 is 18.3 Å². The van der Waals surface area contributed by atoms with Crippen molar-refractivity contribution in [2.24, 2.45) is 0 Å². The Labute approximate surface area is 103 Å². The number of nitrogens with zero attached hydrogens (tertiary/aromatic N) is 1. The van der Waals surface area contributed by atoms with Gasteiger partial charge < -0.3 is 14.9 Å². The summed E-state index contributed by atoms with van der Waals surface area (Å²) in [5, 5.41) is 18.4. The molecule has 0 amide bonds. The Morgan fingerprint density at radius 1 is 1.29 bits per heavy atom. The summed E-state index contributed by atoms with van der Waals surface area (Å²) in [7, 11) is -1.37. The van der Waals surface area contributed by atoms with Gasteiger partial charge in [0.05, 0.1) is 0 Å². The second-order valence-electron chi connectivity index (χ2n) is 4.95. The molecule has 0 aliphatic carbocycles. The molecule has 4 heteroatoms. The molecular formula is C13H20BNO2. The second-order valence-corrected chi connectivity index (χ2v) is 4.95. The van der Waals surface area contributed by atoms with Crippen molar-refractivity contribution in [3.63, 3.8) is 0 Å². The average Bonchev–Trinajstić information content (AvgIpc) is 2.29. The van der Waals surface area contributed by atoms with Gasteiger partial charge in [0, 0.05) is 18.3 Å². The SMILES string of the molecule is Cc1cc(N2CCCCC2C)ccc1B(O)O. The van der Waals surface area contributed by atoms with Gasteiger partial charge in [-0.2, -0.15) is 0 Å². The van der Waals surface area contributed by atoms with E-state index >= 15 is 0 Å². The third-order valence-electron chi connectivity index (χ3n) is 3.67. The first kappa shape index (κ1) is 12.5. The van der Waals surface area contributed by atoms with E-state index in [2.05, 4.69) is 17.9 Å². The monoisotopic (exact) mass is 233 g/mol. The predicted molar refractivity (Wildman–Crippen MR) is 71.7 cm³/mol. The van der Waals surface area contributed by atoms with Gasteiger partial charge in [-0.15, -0.1) is 0 Å². The van der Waals surface area contributed by atoms with E-state index in [9.17, 15) is 10.0 Å². The summed E-state index contributed by atoms with van der Waals surface area (Å²) >= 11 is 0. The Bertz CT molecular complexity index is 395. The zero-order valence-corrected chi connectivity index (χ0v) is 10.6. The minimum atomic E-state index is -1.37. The molecule has 1 unspecified atom stereocenters. The van der Waals surface area contributed by atoms with Crippen LogP contribution in [-0.2, 0) is 0 Å². The number of hydrogen-bond donors (Lipinski definition) is 2. The number of piperidine rings is 1. The van der Waals surface area contributed by atoms with Crippen molar-refractivity contribution in [3.05, 3.63) is 23.8 Å². The Hall–Kier alpha value is -0.995. The Kier molecular flexibility index (Phi) is 3.74. The molecule has 0 spiro atoms. The zero-order chi connectivity index (χ0) is 12.4. The van der Waals surface area contributed by atoms with Crippen molar-refractivity contribution in [1.29, 1.82) is 0 Å². The first-order chi connectivity index (χ1) is 8.09. The molecule has 1 aromatic carbocycles. The van der Waals surface area contributed by atoms with Gasteiger partial charge in [-0.3, -0.25) is 0 Å². The number of rotatable bonds is 2. The predicted octanol–water partition coefficient (Wildman–Crippen LogP) is 1.05. The normalized spacial score (nSPS) is 20.5. The van der Waals surface area contributed by atoms with Crippen LogP contribution in [0.25, 0.3) is 0 Å². The van der Waals surface area contributed by atoms with E-state index in [-0.39, 0.29) is 0 Å². The highest BCUT2D eigenvalue weighted by atomic mass is 16.4. The molecule has 3 nitrogen and oxygen atoms in total. The van der Waals surface area contributed by atoms with Crippen LogP contribution in [0.15, 0.2) is 18.2 Å². The van der Waals surface area contributed by atoms with Gasteiger partial charge in [0.15, 0.2) is 0 Å². The molecule has 1 fully saturated rings. The van der Waals surface area contributed by atoms with E-state index in [4.69, 9.17) is 0 Å². The van der Waals surface area contributed by atoms with Crippen molar-refractivity contribution in [2.45, 2.75) is 39.2 Å². The van der Waals surface area contributed by atoms with Crippen molar-refractivity contribution < 1.29 is 10.0 Å². The molecule has 2 N–H and O–H groups in total. The lowest BCUT2D eigenvalue weighted by atomic mass is 9.77. The van der Waals surface area contributed by atoms with E-state index in [1.807, 2.05) is 19.1 Å². The molecule has 1 aromatic rings. The summed E-state index contributed by atoms with van der Waals surface area (Å²) in [6.45, 7) is 5.28. The highest BCUT2D eigenvalue weighted by Gasteiger charge is 2.20. The van der Waals surface area contributed by atoms with E-state index < -0.39 is 7.12 Å². The molecule has 0 radical (unpaired) electrons. The molecule has 1 saturated heterocycles. The van der Waals surface area contributed by atoms with Crippen LogP contribution in [0.2, 0.25) is 0 Å². The molecular weight excluding hydrogens is 213 g/mol. The number of anilines is 1. The molecule has 2 rings (SSSR count). The Morgan fingerprint density at radius 3 is 2.65 bits per heavy atom. The third kappa shape index (κ3) is 2.64. The van der Waals surface area contributed by atoms with E-state index in [0.29, 0.717) is 11.5 Å². The fourth-order valence-electron chi connectivity index (χ4n) is 2.61. The standard InChI is InChI=1S/C13H20BNO2/c1-10-9-12(6-7-13(10)14(16)17)15-8-4-3-5-11(15)2/h6-7,9,11,16-17H,3-5,8H2,1-2H3. The number of benzene rings is 1. The largest absolute Gasteiger partial charge is 0.488 e. The molecule has 1 aliphatic heterocycles. The first-order valence-electron chi connectivity index (χ1n) is 6.33. The van der Waals surface area contributed by atoms with E-state index in [0.717, 1.165) is 12.1 Å². The van der Waals surface area contributed by atoms with Gasteiger partial charge in [-0.25, -0.2) is 0 Å². The molecule has 1 aliphatic rings. The quantitative estimate of drug-likeness (QED) is 0.750. The topological polar surface area (TPSA) is 43.7 Å². The smallest absolute Gasteiger partial charge is 0.423 e. The van der Waals surface area contributed by atoms with Crippen LogP contribution in [0.4, 0.5) is 5.69 Å². The van der Waals surface area contributed by atoms with Crippen molar-refractivity contribution in [1.82, 2.24) is 0 Å². The second kappa shape index (κ2) is 5.11. The molecule has 17 heavy (non-hydrogen) atoms. The third-order valence-corrected chi connectivity index (χ3v) is 3.67. The maximum absolute atomic E-state index is 9.20. The van der Waals surface area contributed by atoms with Crippen molar-refractivity contribution in [3.8, 4) is 0 Å². The van der Waals surface area contributed by atoms with Crippen LogP contribution in [0.3, 0.4) is 0 Å². The first-order valence-corrected chi connectivity index (χ1v) is 6.33. The summed E-state index contributed by atoms with van der Waals surface area (Å²) in [6.07, 6.45) is 3.79. The van der Waals surface area contributed by atoms with Gasteiger partial charge in [0.1, 0.15) is 0 Å². The number of aryl methyl sites for hydroxylation is 1. The van der Waals surface area contributed by atoms with Gasteiger partial charge in [0.2, 0.25) is 0 Å². The molecule has 1 atom stereocenters. The molecule has 0 saturated carbocycles. The summed E-state index contributed by atoms with van der Waals surface area (Å²) in [4.78, 5) is 2.41. The molecule has 1 heterocycles. The van der Waals surface area contributed by atoms with Crippen molar-refractivity contribution in [2.75, 3.05) is 11.4 Å². The van der Waals surface area contributed by atoms with E-state index in [1.54, 1.807) is 0 Å². The summed E-state index contributed by atoms with van der Waals surface area (Å²) < 4.78 is 0. The Balaban J connectivity index is 2.24. The Morgan fingerprint density at radius 2 is 2.06 bits per heavy atom. The van der Waals surface area contributed by atoms with Gasteiger partial charge >= 0.3 is 7.12 Å². The summed E-state index contributed by atoms with van der Waals surface area (Å²) in [6, 6.07) is 6.43. The zero-order valence-electron chi connectivity index (χ0n) is 10.6. The van der Waals surface area contributed by atoms with Gasteiger partial charge in [-0.1, -0.05) is 6.07 Å². The van der Waals surface area contributed by atoms with Crippen LogP contribution in [0.1, 0.15) is 31.7 Å². The van der Waals surface area contributed by atoms with Crippen LogP contribution < -0.4 is 10.4 Å². The fourth-order valence-corrected chi connectivity index (χ4v) is 2.61. The van der Waals surface area contributed by atoms with Crippen LogP contribution in [0.5, 0.6) is 0 Å². The van der Waals surface area contributed by atoms with Crippen LogP contribution >= 0.6 is 0 Å². The lowest BCUT2D eigenvalue weighted by molar-refractivity contribution is 0.425. The lowest BCUT2D eigenvalue weighted by Crippen LogP contribution is -2.38. The summed E-state index contributed by atoms with van der Waals surface area (Å²) in [5.41, 5.74) is 2.73. The minimum absolute atomic E-state index is 0.577. The maximum Gasteiger partial charge on any atom is 0.488 e. The fraction of sp³-hybridized carbons (Fsp3) is 0.538. The molecule has 92 valence electrons. The molecule has 0 bridgehead atoms. The van der Waals surface area contributed by atoms with Gasteiger partial charge in [-0.05, 0) is 56.3 Å². The lowest BCUT2D eigenvalue weighted by Gasteiger charge is -2.35. The summed E-state index contributed by atoms with van der Waals surface area (Å²) in [5.74, 6) is 0. The average molecular weight is 233 g/mol. The minimum Gasteiger partial charge on any atom is -0.423 e. The highest BCUT2D eigenvalue weighted by molar-refractivity contribution is 6.59. The number of hydrogen-bond acceptors (Lipinski definition) is 3.